The largest absolute Gasteiger partial charge is 0.398 e. The second kappa shape index (κ2) is 7.64. The van der Waals surface area contributed by atoms with E-state index in [1.165, 1.54) is 32.1 Å². The third-order valence-electron chi connectivity index (χ3n) is 3.74. The predicted molar refractivity (Wildman–Crippen MR) is 95.7 cm³/mol. The summed E-state index contributed by atoms with van der Waals surface area (Å²) in [6.45, 7) is 4.47. The lowest BCUT2D eigenvalue weighted by Crippen LogP contribution is -2.15. The number of fused-ring (bicyclic) bond motifs is 1. The Hall–Kier alpha value is -1.29. The number of nitrogens with zero attached hydrogens (tertiary/aromatic N) is 1. The van der Waals surface area contributed by atoms with Crippen LogP contribution in [0.1, 0.15) is 46.0 Å². The minimum Gasteiger partial charge on any atom is -0.398 e. The molecule has 0 spiro atoms. The minimum atomic E-state index is 0.444. The molecule has 4 heteroatoms. The van der Waals surface area contributed by atoms with Gasteiger partial charge < -0.3 is 11.1 Å². The Morgan fingerprint density at radius 2 is 2.10 bits per heavy atom. The summed E-state index contributed by atoms with van der Waals surface area (Å²) >= 11 is 3.45. The average Bonchev–Trinajstić information content (AvgIpc) is 2.47. The van der Waals surface area contributed by atoms with Crippen LogP contribution in [0.5, 0.6) is 0 Å². The van der Waals surface area contributed by atoms with E-state index in [1.807, 2.05) is 24.4 Å². The van der Waals surface area contributed by atoms with Crippen LogP contribution in [0.3, 0.4) is 0 Å². The predicted octanol–water partition coefficient (Wildman–Crippen LogP) is 5.35. The van der Waals surface area contributed by atoms with Gasteiger partial charge in [0.15, 0.2) is 0 Å². The van der Waals surface area contributed by atoms with Gasteiger partial charge in [0.2, 0.25) is 0 Å². The quantitative estimate of drug-likeness (QED) is 0.523. The first-order valence-corrected chi connectivity index (χ1v) is 8.51. The standard InChI is InChI=1S/C17H24BrN3/c1-3-4-5-6-7-12(2)21-16-9-8-15(19)14-10-13(18)11-20-17(14)16/h8-12,21H,3-7,19H2,1-2H3. The minimum absolute atomic E-state index is 0.444. The zero-order valence-corrected chi connectivity index (χ0v) is 14.4. The highest BCUT2D eigenvalue weighted by atomic mass is 79.9. The van der Waals surface area contributed by atoms with Gasteiger partial charge in [0.25, 0.3) is 0 Å². The van der Waals surface area contributed by atoms with Crippen LogP contribution in [-0.4, -0.2) is 11.0 Å². The Kier molecular flexibility index (Phi) is 5.85. The van der Waals surface area contributed by atoms with Crippen LogP contribution in [0.15, 0.2) is 28.9 Å². The van der Waals surface area contributed by atoms with Crippen LogP contribution in [0, 0.1) is 0 Å². The highest BCUT2D eigenvalue weighted by Gasteiger charge is 2.09. The fourth-order valence-electron chi connectivity index (χ4n) is 2.55. The van der Waals surface area contributed by atoms with Crippen molar-refractivity contribution in [1.82, 2.24) is 4.98 Å². The first kappa shape index (κ1) is 16.1. The number of aromatic nitrogens is 1. The average molecular weight is 350 g/mol. The van der Waals surface area contributed by atoms with Gasteiger partial charge in [0.1, 0.15) is 0 Å². The number of nitrogen functional groups attached to an aromatic ring is 1. The van der Waals surface area contributed by atoms with Crippen molar-refractivity contribution in [3.8, 4) is 0 Å². The monoisotopic (exact) mass is 349 g/mol. The zero-order valence-electron chi connectivity index (χ0n) is 12.8. The van der Waals surface area contributed by atoms with Crippen molar-refractivity contribution in [3.05, 3.63) is 28.9 Å². The first-order chi connectivity index (χ1) is 10.1. The Morgan fingerprint density at radius 3 is 2.86 bits per heavy atom. The van der Waals surface area contributed by atoms with Gasteiger partial charge in [0, 0.05) is 27.8 Å². The van der Waals surface area contributed by atoms with Crippen molar-refractivity contribution in [2.75, 3.05) is 11.1 Å². The number of anilines is 2. The van der Waals surface area contributed by atoms with Gasteiger partial charge >= 0.3 is 0 Å². The summed E-state index contributed by atoms with van der Waals surface area (Å²) in [5.41, 5.74) is 8.82. The summed E-state index contributed by atoms with van der Waals surface area (Å²) in [6, 6.07) is 6.44. The zero-order chi connectivity index (χ0) is 15.2. The molecule has 114 valence electrons. The molecule has 3 nitrogen and oxygen atoms in total. The highest BCUT2D eigenvalue weighted by molar-refractivity contribution is 9.10. The number of benzene rings is 1. The van der Waals surface area contributed by atoms with Gasteiger partial charge in [-0.1, -0.05) is 32.6 Å². The van der Waals surface area contributed by atoms with Gasteiger partial charge in [-0.3, -0.25) is 4.98 Å². The molecule has 0 saturated heterocycles. The van der Waals surface area contributed by atoms with Gasteiger partial charge in [-0.15, -0.1) is 0 Å². The molecule has 0 radical (unpaired) electrons. The number of nitrogens with one attached hydrogen (secondary N) is 1. The van der Waals surface area contributed by atoms with Crippen molar-refractivity contribution in [1.29, 1.82) is 0 Å². The fourth-order valence-corrected chi connectivity index (χ4v) is 2.88. The van der Waals surface area contributed by atoms with Crippen LogP contribution >= 0.6 is 15.9 Å². The van der Waals surface area contributed by atoms with Crippen LogP contribution in [0.4, 0.5) is 11.4 Å². The Labute approximate surface area is 135 Å². The maximum Gasteiger partial charge on any atom is 0.0954 e. The number of pyridine rings is 1. The van der Waals surface area contributed by atoms with Gasteiger partial charge in [0.05, 0.1) is 11.2 Å². The molecule has 0 fully saturated rings. The third kappa shape index (κ3) is 4.34. The van der Waals surface area contributed by atoms with Crippen molar-refractivity contribution in [3.63, 3.8) is 0 Å². The highest BCUT2D eigenvalue weighted by Crippen LogP contribution is 2.29. The van der Waals surface area contributed by atoms with E-state index < -0.39 is 0 Å². The molecule has 1 heterocycles. The Balaban J connectivity index is 2.10. The molecule has 21 heavy (non-hydrogen) atoms. The van der Waals surface area contributed by atoms with Crippen LogP contribution < -0.4 is 11.1 Å². The van der Waals surface area contributed by atoms with E-state index in [1.54, 1.807) is 0 Å². The van der Waals surface area contributed by atoms with Gasteiger partial charge in [-0.2, -0.15) is 0 Å². The van der Waals surface area contributed by atoms with E-state index in [4.69, 9.17) is 5.73 Å². The summed E-state index contributed by atoms with van der Waals surface area (Å²) in [7, 11) is 0. The summed E-state index contributed by atoms with van der Waals surface area (Å²) in [5, 5.41) is 4.57. The van der Waals surface area contributed by atoms with Crippen molar-refractivity contribution >= 4 is 38.2 Å². The lowest BCUT2D eigenvalue weighted by molar-refractivity contribution is 0.594. The number of hydrogen-bond donors (Lipinski definition) is 2. The van der Waals surface area contributed by atoms with Gasteiger partial charge in [-0.05, 0) is 47.5 Å². The topological polar surface area (TPSA) is 50.9 Å². The second-order valence-electron chi connectivity index (χ2n) is 5.65. The van der Waals surface area contributed by atoms with E-state index in [0.29, 0.717) is 6.04 Å². The fraction of sp³-hybridized carbons (Fsp3) is 0.471. The third-order valence-corrected chi connectivity index (χ3v) is 4.18. The Morgan fingerprint density at radius 1 is 1.29 bits per heavy atom. The number of halogens is 1. The van der Waals surface area contributed by atoms with E-state index in [2.05, 4.69) is 40.1 Å². The number of rotatable bonds is 7. The molecule has 0 saturated carbocycles. The smallest absolute Gasteiger partial charge is 0.0954 e. The van der Waals surface area contributed by atoms with E-state index >= 15 is 0 Å². The summed E-state index contributed by atoms with van der Waals surface area (Å²) < 4.78 is 0.950. The second-order valence-corrected chi connectivity index (χ2v) is 6.56. The maximum atomic E-state index is 6.05. The van der Waals surface area contributed by atoms with Crippen molar-refractivity contribution in [2.24, 2.45) is 0 Å². The van der Waals surface area contributed by atoms with Crippen LogP contribution in [-0.2, 0) is 0 Å². The molecule has 3 N–H and O–H groups in total. The summed E-state index contributed by atoms with van der Waals surface area (Å²) in [5.74, 6) is 0. The molecule has 2 rings (SSSR count). The normalized spacial score (nSPS) is 12.5. The molecule has 0 aliphatic heterocycles. The molecule has 1 aromatic heterocycles. The first-order valence-electron chi connectivity index (χ1n) is 7.72. The van der Waals surface area contributed by atoms with E-state index in [9.17, 15) is 0 Å². The lowest BCUT2D eigenvalue weighted by atomic mass is 10.1. The lowest BCUT2D eigenvalue weighted by Gasteiger charge is -2.17. The van der Waals surface area contributed by atoms with Crippen molar-refractivity contribution in [2.45, 2.75) is 52.0 Å². The van der Waals surface area contributed by atoms with Crippen LogP contribution in [0.25, 0.3) is 10.9 Å². The number of hydrogen-bond acceptors (Lipinski definition) is 3. The number of nitrogens with two attached hydrogens (primary N) is 1. The molecule has 0 amide bonds. The van der Waals surface area contributed by atoms with Crippen molar-refractivity contribution < 1.29 is 0 Å². The molecule has 1 atom stereocenters. The molecule has 2 aromatic rings. The molecule has 1 aromatic carbocycles. The SMILES string of the molecule is CCCCCCC(C)Nc1ccc(N)c2cc(Br)cnc12. The van der Waals surface area contributed by atoms with Gasteiger partial charge in [-0.25, -0.2) is 0 Å². The molecule has 1 unspecified atom stereocenters. The summed E-state index contributed by atoms with van der Waals surface area (Å²) in [6.07, 6.45) is 8.20. The molecule has 0 bridgehead atoms. The van der Waals surface area contributed by atoms with E-state index in [-0.39, 0.29) is 0 Å². The van der Waals surface area contributed by atoms with Crippen LogP contribution in [0.2, 0.25) is 0 Å². The number of unbranched alkanes of at least 4 members (excludes halogenated alkanes) is 3. The molecular formula is C17H24BrN3. The molecule has 0 aliphatic carbocycles. The Bertz CT molecular complexity index is 598. The molecular weight excluding hydrogens is 326 g/mol. The van der Waals surface area contributed by atoms with E-state index in [0.717, 1.165) is 26.8 Å². The maximum absolute atomic E-state index is 6.05. The molecule has 0 aliphatic rings. The summed E-state index contributed by atoms with van der Waals surface area (Å²) in [4.78, 5) is 4.51.